The van der Waals surface area contributed by atoms with Crippen LogP contribution in [-0.4, -0.2) is 34.0 Å². The van der Waals surface area contributed by atoms with Gasteiger partial charge < -0.3 is 16.4 Å². The largest absolute Gasteiger partial charge is 0.355 e. The molecule has 2 heterocycles. The third-order valence-electron chi connectivity index (χ3n) is 3.88. The second-order valence-electron chi connectivity index (χ2n) is 5.61. The van der Waals surface area contributed by atoms with E-state index < -0.39 is 0 Å². The van der Waals surface area contributed by atoms with Gasteiger partial charge in [-0.2, -0.15) is 5.10 Å². The van der Waals surface area contributed by atoms with Crippen LogP contribution in [0.5, 0.6) is 0 Å². The predicted molar refractivity (Wildman–Crippen MR) is 94.3 cm³/mol. The summed E-state index contributed by atoms with van der Waals surface area (Å²) in [6, 6.07) is 6.25. The van der Waals surface area contributed by atoms with Crippen molar-refractivity contribution in [3.63, 3.8) is 0 Å². The molecule has 25 heavy (non-hydrogen) atoms. The van der Waals surface area contributed by atoms with Gasteiger partial charge in [-0.15, -0.1) is 0 Å². The lowest BCUT2D eigenvalue weighted by atomic mass is 9.98. The number of amides is 2. The van der Waals surface area contributed by atoms with Gasteiger partial charge in [-0.1, -0.05) is 6.07 Å². The van der Waals surface area contributed by atoms with Crippen molar-refractivity contribution in [1.82, 2.24) is 20.5 Å². The minimum Gasteiger partial charge on any atom is -0.355 e. The fraction of sp³-hybridized carbons (Fsp3) is 0.176. The molecule has 8 heteroatoms. The van der Waals surface area contributed by atoms with Crippen LogP contribution in [-0.2, 0) is 0 Å². The molecule has 0 aliphatic heterocycles. The molecule has 0 radical (unpaired) electrons. The molecular weight excluding hydrogens is 320 g/mol. The van der Waals surface area contributed by atoms with Gasteiger partial charge >= 0.3 is 0 Å². The van der Waals surface area contributed by atoms with Crippen LogP contribution in [0.15, 0.2) is 36.7 Å². The molecule has 0 bridgehead atoms. The summed E-state index contributed by atoms with van der Waals surface area (Å²) in [5.41, 5.74) is 8.49. The second-order valence-corrected chi connectivity index (χ2v) is 5.61. The first-order valence-corrected chi connectivity index (χ1v) is 7.72. The highest BCUT2D eigenvalue weighted by molar-refractivity contribution is 6.09. The number of rotatable bonds is 4. The lowest BCUT2D eigenvalue weighted by molar-refractivity contribution is 0.0961. The van der Waals surface area contributed by atoms with Crippen LogP contribution in [0.4, 0.5) is 5.69 Å². The smallest absolute Gasteiger partial charge is 0.255 e. The number of carbonyl (C=O) groups is 2. The van der Waals surface area contributed by atoms with E-state index in [-0.39, 0.29) is 17.9 Å². The SMILES string of the molecule is CNC(=O)c1cc(C(=O)Nc2ccnc3[nH]ncc23)ccc1C(C)N. The highest BCUT2D eigenvalue weighted by atomic mass is 16.2. The van der Waals surface area contributed by atoms with Gasteiger partial charge in [0.25, 0.3) is 11.8 Å². The maximum Gasteiger partial charge on any atom is 0.255 e. The molecule has 5 N–H and O–H groups in total. The minimum atomic E-state index is -0.338. The topological polar surface area (TPSA) is 126 Å². The van der Waals surface area contributed by atoms with E-state index in [9.17, 15) is 9.59 Å². The number of aromatic nitrogens is 3. The van der Waals surface area contributed by atoms with Crippen molar-refractivity contribution >= 4 is 28.5 Å². The van der Waals surface area contributed by atoms with E-state index in [1.165, 1.54) is 7.05 Å². The first kappa shape index (κ1) is 16.6. The zero-order chi connectivity index (χ0) is 18.0. The molecule has 2 aromatic heterocycles. The molecule has 0 saturated heterocycles. The summed E-state index contributed by atoms with van der Waals surface area (Å²) in [6.07, 6.45) is 3.17. The molecule has 3 rings (SSSR count). The van der Waals surface area contributed by atoms with E-state index in [2.05, 4.69) is 25.8 Å². The molecule has 3 aromatic rings. The van der Waals surface area contributed by atoms with Crippen molar-refractivity contribution in [2.75, 3.05) is 12.4 Å². The molecule has 0 saturated carbocycles. The molecule has 8 nitrogen and oxygen atoms in total. The predicted octanol–water partition coefficient (Wildman–Crippen LogP) is 1.59. The summed E-state index contributed by atoms with van der Waals surface area (Å²) < 4.78 is 0. The number of carbonyl (C=O) groups excluding carboxylic acids is 2. The van der Waals surface area contributed by atoms with Crippen LogP contribution in [0.3, 0.4) is 0 Å². The quantitative estimate of drug-likeness (QED) is 0.575. The van der Waals surface area contributed by atoms with E-state index >= 15 is 0 Å². The van der Waals surface area contributed by atoms with Crippen LogP contribution in [0.1, 0.15) is 39.2 Å². The van der Waals surface area contributed by atoms with E-state index in [1.807, 2.05) is 0 Å². The maximum atomic E-state index is 12.6. The first-order chi connectivity index (χ1) is 12.0. The van der Waals surface area contributed by atoms with Crippen molar-refractivity contribution in [2.45, 2.75) is 13.0 Å². The molecule has 128 valence electrons. The standard InChI is InChI=1S/C17H18N6O2/c1-9(18)11-4-3-10(7-12(11)17(25)19-2)16(24)22-14-5-6-20-15-13(14)8-21-23-15/h3-9H,18H2,1-2H3,(H,19,25)(H2,20,21,22,23,24). The van der Waals surface area contributed by atoms with Gasteiger partial charge in [0.15, 0.2) is 5.65 Å². The van der Waals surface area contributed by atoms with Gasteiger partial charge in [-0.3, -0.25) is 14.7 Å². The first-order valence-electron chi connectivity index (χ1n) is 7.72. The van der Waals surface area contributed by atoms with Crippen molar-refractivity contribution in [2.24, 2.45) is 5.73 Å². The van der Waals surface area contributed by atoms with Gasteiger partial charge in [-0.05, 0) is 30.7 Å². The van der Waals surface area contributed by atoms with Crippen molar-refractivity contribution in [1.29, 1.82) is 0 Å². The highest BCUT2D eigenvalue weighted by Crippen LogP contribution is 2.22. The Balaban J connectivity index is 1.94. The van der Waals surface area contributed by atoms with Gasteiger partial charge in [0.2, 0.25) is 0 Å². The summed E-state index contributed by atoms with van der Waals surface area (Å²) in [5.74, 6) is -0.627. The Morgan fingerprint density at radius 1 is 1.24 bits per heavy atom. The highest BCUT2D eigenvalue weighted by Gasteiger charge is 2.17. The molecule has 0 aliphatic carbocycles. The number of anilines is 1. The Morgan fingerprint density at radius 2 is 2.04 bits per heavy atom. The number of H-pyrrole nitrogens is 1. The van der Waals surface area contributed by atoms with Crippen LogP contribution in [0.2, 0.25) is 0 Å². The normalized spacial score (nSPS) is 12.0. The Kier molecular flexibility index (Phi) is 4.44. The third-order valence-corrected chi connectivity index (χ3v) is 3.88. The molecule has 2 amide bonds. The van der Waals surface area contributed by atoms with Crippen molar-refractivity contribution in [3.05, 3.63) is 53.3 Å². The van der Waals surface area contributed by atoms with Crippen LogP contribution < -0.4 is 16.4 Å². The van der Waals surface area contributed by atoms with E-state index in [0.29, 0.717) is 33.4 Å². The number of nitrogens with two attached hydrogens (primary N) is 1. The molecule has 1 atom stereocenters. The summed E-state index contributed by atoms with van der Waals surface area (Å²) in [7, 11) is 1.53. The molecule has 1 aromatic carbocycles. The number of hydrogen-bond acceptors (Lipinski definition) is 5. The average molecular weight is 338 g/mol. The van der Waals surface area contributed by atoms with E-state index in [1.54, 1.807) is 43.6 Å². The van der Waals surface area contributed by atoms with Gasteiger partial charge in [0.05, 0.1) is 17.3 Å². The van der Waals surface area contributed by atoms with Crippen LogP contribution >= 0.6 is 0 Å². The minimum absolute atomic E-state index is 0.289. The van der Waals surface area contributed by atoms with Gasteiger partial charge in [0, 0.05) is 30.4 Å². The fourth-order valence-electron chi connectivity index (χ4n) is 2.58. The lowest BCUT2D eigenvalue weighted by Gasteiger charge is -2.14. The molecule has 0 fully saturated rings. The Bertz CT molecular complexity index is 947. The van der Waals surface area contributed by atoms with Crippen molar-refractivity contribution in [3.8, 4) is 0 Å². The number of nitrogens with one attached hydrogen (secondary N) is 3. The average Bonchev–Trinajstić information content (AvgIpc) is 3.10. The molecule has 0 aliphatic rings. The van der Waals surface area contributed by atoms with Crippen LogP contribution in [0.25, 0.3) is 11.0 Å². The molecular formula is C17H18N6O2. The zero-order valence-electron chi connectivity index (χ0n) is 13.8. The second kappa shape index (κ2) is 6.70. The van der Waals surface area contributed by atoms with Crippen LogP contribution in [0, 0.1) is 0 Å². The Labute approximate surface area is 143 Å². The Morgan fingerprint density at radius 3 is 2.76 bits per heavy atom. The monoisotopic (exact) mass is 338 g/mol. The van der Waals surface area contributed by atoms with Gasteiger partial charge in [-0.25, -0.2) is 4.98 Å². The summed E-state index contributed by atoms with van der Waals surface area (Å²) >= 11 is 0. The van der Waals surface area contributed by atoms with Crippen molar-refractivity contribution < 1.29 is 9.59 Å². The summed E-state index contributed by atoms with van der Waals surface area (Å²) in [6.45, 7) is 1.79. The lowest BCUT2D eigenvalue weighted by Crippen LogP contribution is -2.23. The van der Waals surface area contributed by atoms with E-state index in [4.69, 9.17) is 5.73 Å². The number of pyridine rings is 1. The van der Waals surface area contributed by atoms with Gasteiger partial charge in [0.1, 0.15) is 0 Å². The summed E-state index contributed by atoms with van der Waals surface area (Å²) in [5, 5.41) is 12.7. The number of hydrogen-bond donors (Lipinski definition) is 4. The number of nitrogens with zero attached hydrogens (tertiary/aromatic N) is 2. The Hall–Kier alpha value is -3.26. The van der Waals surface area contributed by atoms with E-state index in [0.717, 1.165) is 0 Å². The summed E-state index contributed by atoms with van der Waals surface area (Å²) in [4.78, 5) is 28.8. The number of fused-ring (bicyclic) bond motifs is 1. The molecule has 0 spiro atoms. The molecule has 1 unspecified atom stereocenters. The fourth-order valence-corrected chi connectivity index (χ4v) is 2.58. The number of aromatic amines is 1. The third kappa shape index (κ3) is 3.20. The maximum absolute atomic E-state index is 12.6. The number of benzene rings is 1. The zero-order valence-corrected chi connectivity index (χ0v) is 13.8.